The lowest BCUT2D eigenvalue weighted by molar-refractivity contribution is -0.384. The number of aryl methyl sites for hydroxylation is 1. The van der Waals surface area contributed by atoms with Crippen LogP contribution in [-0.2, 0) is 0 Å². The van der Waals surface area contributed by atoms with Crippen LogP contribution in [0, 0.1) is 28.4 Å². The second kappa shape index (κ2) is 8.12. The fourth-order valence-electron chi connectivity index (χ4n) is 2.36. The number of nitro groups is 1. The number of halogens is 1. The van der Waals surface area contributed by atoms with Crippen molar-refractivity contribution in [3.63, 3.8) is 0 Å². The molecule has 0 radical (unpaired) electrons. The van der Waals surface area contributed by atoms with Crippen molar-refractivity contribution in [2.45, 2.75) is 6.92 Å². The van der Waals surface area contributed by atoms with Gasteiger partial charge < -0.3 is 5.32 Å². The molecule has 1 N–H and O–H groups in total. The first kappa shape index (κ1) is 18.8. The second-order valence-electron chi connectivity index (χ2n) is 5.62. The van der Waals surface area contributed by atoms with E-state index in [1.807, 2.05) is 30.5 Å². The average Bonchev–Trinajstić information content (AvgIpc) is 3.14. The Hall–Kier alpha value is -3.02. The second-order valence-corrected chi connectivity index (χ2v) is 7.39. The lowest BCUT2D eigenvalue weighted by atomic mass is 10.1. The Morgan fingerprint density at radius 1 is 1.33 bits per heavy atom. The molecule has 3 rings (SSSR count). The van der Waals surface area contributed by atoms with Gasteiger partial charge in [0, 0.05) is 39.4 Å². The maximum Gasteiger partial charge on any atom is 0.269 e. The predicted molar refractivity (Wildman–Crippen MR) is 110 cm³/mol. The summed E-state index contributed by atoms with van der Waals surface area (Å²) >= 11 is 4.77. The molecule has 0 aliphatic rings. The Morgan fingerprint density at radius 2 is 2.07 bits per heavy atom. The summed E-state index contributed by atoms with van der Waals surface area (Å²) < 4.78 is 0.989. The number of nitro benzene ring substituents is 1. The van der Waals surface area contributed by atoms with Gasteiger partial charge in [-0.1, -0.05) is 15.9 Å². The van der Waals surface area contributed by atoms with Crippen LogP contribution >= 0.6 is 27.3 Å². The molecule has 0 atom stereocenters. The number of nitriles is 1. The number of aromatic nitrogens is 1. The third kappa shape index (κ3) is 4.39. The number of thiazole rings is 1. The quantitative estimate of drug-likeness (QED) is 0.309. The third-order valence-electron chi connectivity index (χ3n) is 3.79. The summed E-state index contributed by atoms with van der Waals surface area (Å²) in [5, 5.41) is 25.8. The minimum Gasteiger partial charge on any atom is -0.360 e. The topological polar surface area (TPSA) is 91.8 Å². The highest BCUT2D eigenvalue weighted by Crippen LogP contribution is 2.28. The molecule has 2 aromatic carbocycles. The molecule has 8 heteroatoms. The molecule has 0 bridgehead atoms. The lowest BCUT2D eigenvalue weighted by Crippen LogP contribution is -1.93. The highest BCUT2D eigenvalue weighted by molar-refractivity contribution is 9.10. The minimum absolute atomic E-state index is 0.0286. The molecule has 0 aliphatic carbocycles. The van der Waals surface area contributed by atoms with E-state index in [9.17, 15) is 15.4 Å². The van der Waals surface area contributed by atoms with Crippen molar-refractivity contribution < 1.29 is 4.92 Å². The first-order valence-electron chi connectivity index (χ1n) is 7.81. The van der Waals surface area contributed by atoms with E-state index in [1.54, 1.807) is 18.3 Å². The van der Waals surface area contributed by atoms with Gasteiger partial charge in [0.25, 0.3) is 5.69 Å². The van der Waals surface area contributed by atoms with Crippen LogP contribution in [0.2, 0.25) is 0 Å². The molecule has 3 aromatic rings. The van der Waals surface area contributed by atoms with E-state index < -0.39 is 4.92 Å². The first-order chi connectivity index (χ1) is 13.0. The van der Waals surface area contributed by atoms with Gasteiger partial charge in [0.2, 0.25) is 0 Å². The number of non-ortho nitro benzene ring substituents is 1. The van der Waals surface area contributed by atoms with E-state index >= 15 is 0 Å². The van der Waals surface area contributed by atoms with Gasteiger partial charge in [0.1, 0.15) is 16.6 Å². The van der Waals surface area contributed by atoms with Crippen molar-refractivity contribution in [1.82, 2.24) is 4.98 Å². The molecule has 0 fully saturated rings. The Balaban J connectivity index is 1.82. The van der Waals surface area contributed by atoms with Gasteiger partial charge in [-0.15, -0.1) is 11.3 Å². The van der Waals surface area contributed by atoms with Gasteiger partial charge in [0.05, 0.1) is 10.6 Å². The third-order valence-corrected chi connectivity index (χ3v) is 5.16. The molecule has 0 spiro atoms. The van der Waals surface area contributed by atoms with Gasteiger partial charge >= 0.3 is 0 Å². The Labute approximate surface area is 168 Å². The predicted octanol–water partition coefficient (Wildman–Crippen LogP) is 5.77. The summed E-state index contributed by atoms with van der Waals surface area (Å²) in [7, 11) is 0. The molecular formula is C19H13BrN4O2S. The monoisotopic (exact) mass is 440 g/mol. The highest BCUT2D eigenvalue weighted by Gasteiger charge is 2.11. The van der Waals surface area contributed by atoms with Crippen molar-refractivity contribution >= 4 is 44.2 Å². The number of anilines is 1. The SMILES string of the molecule is Cc1cc(Br)ccc1NC=C(C#N)c1nc(-c2ccc([N+](=O)[O-])cc2)cs1. The standard InChI is InChI=1S/C19H13BrN4O2S/c1-12-8-15(20)4-7-17(12)22-10-14(9-21)19-23-18(11-27-19)13-2-5-16(6-3-13)24(25)26/h2-8,10-11,22H,1H3. The maximum atomic E-state index is 10.8. The fourth-order valence-corrected chi connectivity index (χ4v) is 3.63. The lowest BCUT2D eigenvalue weighted by Gasteiger charge is -2.06. The fraction of sp³-hybridized carbons (Fsp3) is 0.0526. The van der Waals surface area contributed by atoms with Crippen LogP contribution in [-0.4, -0.2) is 9.91 Å². The number of allylic oxidation sites excluding steroid dienone is 1. The smallest absolute Gasteiger partial charge is 0.269 e. The Kier molecular flexibility index (Phi) is 5.64. The molecule has 1 heterocycles. The summed E-state index contributed by atoms with van der Waals surface area (Å²) in [4.78, 5) is 14.8. The van der Waals surface area contributed by atoms with Crippen LogP contribution in [0.3, 0.4) is 0 Å². The number of nitrogens with zero attached hydrogens (tertiary/aromatic N) is 3. The molecule has 0 unspecified atom stereocenters. The van der Waals surface area contributed by atoms with Gasteiger partial charge in [-0.2, -0.15) is 5.26 Å². The summed E-state index contributed by atoms with van der Waals surface area (Å²) in [6.07, 6.45) is 1.63. The van der Waals surface area contributed by atoms with Crippen LogP contribution in [0.25, 0.3) is 16.8 Å². The van der Waals surface area contributed by atoms with E-state index in [2.05, 4.69) is 32.3 Å². The molecule has 0 amide bonds. The van der Waals surface area contributed by atoms with Crippen molar-refractivity contribution in [3.05, 3.63) is 79.2 Å². The zero-order valence-electron chi connectivity index (χ0n) is 14.1. The first-order valence-corrected chi connectivity index (χ1v) is 9.49. The minimum atomic E-state index is -0.442. The van der Waals surface area contributed by atoms with Crippen molar-refractivity contribution in [3.8, 4) is 17.3 Å². The van der Waals surface area contributed by atoms with E-state index in [4.69, 9.17) is 0 Å². The van der Waals surface area contributed by atoms with E-state index in [1.165, 1.54) is 23.5 Å². The van der Waals surface area contributed by atoms with Crippen molar-refractivity contribution in [2.24, 2.45) is 0 Å². The molecule has 0 saturated heterocycles. The van der Waals surface area contributed by atoms with Crippen LogP contribution in [0.15, 0.2) is 58.5 Å². The molecule has 0 aliphatic heterocycles. The molecule has 0 saturated carbocycles. The number of nitrogens with one attached hydrogen (secondary N) is 1. The highest BCUT2D eigenvalue weighted by atomic mass is 79.9. The molecule has 6 nitrogen and oxygen atoms in total. The molecule has 1 aromatic heterocycles. The van der Waals surface area contributed by atoms with Crippen LogP contribution in [0.1, 0.15) is 10.6 Å². The normalized spacial score (nSPS) is 11.1. The number of hydrogen-bond acceptors (Lipinski definition) is 6. The van der Waals surface area contributed by atoms with Gasteiger partial charge in [-0.25, -0.2) is 4.98 Å². The summed E-state index contributed by atoms with van der Waals surface area (Å²) in [6, 6.07) is 14.2. The summed E-state index contributed by atoms with van der Waals surface area (Å²) in [6.45, 7) is 1.98. The van der Waals surface area contributed by atoms with E-state index in [0.29, 0.717) is 16.3 Å². The molecule has 27 heavy (non-hydrogen) atoms. The van der Waals surface area contributed by atoms with Crippen LogP contribution < -0.4 is 5.32 Å². The largest absolute Gasteiger partial charge is 0.360 e. The maximum absolute atomic E-state index is 10.8. The number of hydrogen-bond donors (Lipinski definition) is 1. The Morgan fingerprint density at radius 3 is 2.70 bits per heavy atom. The van der Waals surface area contributed by atoms with Gasteiger partial charge in [-0.05, 0) is 42.8 Å². The Bertz CT molecular complexity index is 1070. The summed E-state index contributed by atoms with van der Waals surface area (Å²) in [5.41, 5.74) is 3.82. The van der Waals surface area contributed by atoms with Crippen LogP contribution in [0.5, 0.6) is 0 Å². The zero-order valence-corrected chi connectivity index (χ0v) is 16.5. The van der Waals surface area contributed by atoms with Crippen molar-refractivity contribution in [1.29, 1.82) is 5.26 Å². The van der Waals surface area contributed by atoms with Gasteiger partial charge in [0.15, 0.2) is 0 Å². The van der Waals surface area contributed by atoms with Gasteiger partial charge in [-0.3, -0.25) is 10.1 Å². The van der Waals surface area contributed by atoms with Crippen molar-refractivity contribution in [2.75, 3.05) is 5.32 Å². The summed E-state index contributed by atoms with van der Waals surface area (Å²) in [5.74, 6) is 0. The van der Waals surface area contributed by atoms with E-state index in [0.717, 1.165) is 21.3 Å². The van der Waals surface area contributed by atoms with E-state index in [-0.39, 0.29) is 5.69 Å². The molecular weight excluding hydrogens is 428 g/mol. The number of rotatable bonds is 5. The van der Waals surface area contributed by atoms with Crippen LogP contribution in [0.4, 0.5) is 11.4 Å². The average molecular weight is 441 g/mol. The zero-order chi connectivity index (χ0) is 19.4. The molecule has 134 valence electrons. The number of benzene rings is 2.